The molecule has 1 fully saturated rings. The van der Waals surface area contributed by atoms with E-state index < -0.39 is 52.8 Å². The molecule has 0 unspecified atom stereocenters. The number of alkyl halides is 3. The van der Waals surface area contributed by atoms with Crippen LogP contribution in [0.1, 0.15) is 62.7 Å². The van der Waals surface area contributed by atoms with Crippen LogP contribution in [0.2, 0.25) is 0 Å². The van der Waals surface area contributed by atoms with E-state index in [1.807, 2.05) is 0 Å². The van der Waals surface area contributed by atoms with Crippen LogP contribution in [0.5, 0.6) is 0 Å². The molecule has 0 aliphatic heterocycles. The molecule has 188 valence electrons. The monoisotopic (exact) mass is 488 g/mol. The summed E-state index contributed by atoms with van der Waals surface area (Å²) in [5.41, 5.74) is 3.34. The minimum absolute atomic E-state index is 0.143. The molecule has 1 saturated carbocycles. The van der Waals surface area contributed by atoms with E-state index in [0.29, 0.717) is 0 Å². The van der Waals surface area contributed by atoms with Crippen LogP contribution < -0.4 is 16.4 Å². The summed E-state index contributed by atoms with van der Waals surface area (Å²) in [4.78, 5) is 51.3. The number of hydrogen-bond acceptors (Lipinski definition) is 8. The number of carbonyl (C=O) groups is 4. The predicted octanol–water partition coefficient (Wildman–Crippen LogP) is 2.07. The summed E-state index contributed by atoms with van der Waals surface area (Å²) in [5.74, 6) is -5.81. The quantitative estimate of drug-likeness (QED) is 0.335. The van der Waals surface area contributed by atoms with Gasteiger partial charge in [-0.2, -0.15) is 13.2 Å². The number of nitrogens with one attached hydrogen (secondary N) is 2. The minimum atomic E-state index is -5.38. The Hall–Kier alpha value is -3.22. The number of amides is 2. The van der Waals surface area contributed by atoms with Crippen molar-refractivity contribution in [3.8, 4) is 0 Å². The van der Waals surface area contributed by atoms with Gasteiger partial charge in [0.2, 0.25) is 11.8 Å². The third kappa shape index (κ3) is 7.40. The van der Waals surface area contributed by atoms with E-state index in [1.165, 1.54) is 0 Å². The van der Waals surface area contributed by atoms with Gasteiger partial charge in [-0.05, 0) is 32.6 Å². The number of nitrogens with zero attached hydrogens (tertiary/aromatic N) is 1. The first-order chi connectivity index (χ1) is 15.7. The van der Waals surface area contributed by atoms with Crippen LogP contribution >= 0.6 is 0 Å². The second-order valence-electron chi connectivity index (χ2n) is 8.76. The third-order valence-corrected chi connectivity index (χ3v) is 5.33. The number of aliphatic hydroxyl groups is 1. The Morgan fingerprint density at radius 3 is 2.38 bits per heavy atom. The number of carbonyl (C=O) groups excluding carboxylic acids is 4. The Morgan fingerprint density at radius 1 is 1.18 bits per heavy atom. The maximum atomic E-state index is 12.5. The number of anilines is 2. The first-order valence-electron chi connectivity index (χ1n) is 10.6. The fourth-order valence-corrected chi connectivity index (χ4v) is 3.64. The van der Waals surface area contributed by atoms with E-state index in [0.717, 1.165) is 44.5 Å². The molecule has 1 aliphatic carbocycles. The number of hydrogen-bond donors (Lipinski definition) is 4. The van der Waals surface area contributed by atoms with Gasteiger partial charge in [0.25, 0.3) is 0 Å². The number of pyridine rings is 1. The van der Waals surface area contributed by atoms with Crippen molar-refractivity contribution in [3.05, 3.63) is 18.0 Å². The minimum Gasteiger partial charge on any atom is -0.396 e. The van der Waals surface area contributed by atoms with Crippen molar-refractivity contribution >= 4 is 35.1 Å². The molecular weight excluding hydrogens is 461 g/mol. The lowest BCUT2D eigenvalue weighted by Gasteiger charge is -2.31. The molecule has 0 saturated heterocycles. The van der Waals surface area contributed by atoms with Gasteiger partial charge in [-0.25, -0.2) is 9.59 Å². The van der Waals surface area contributed by atoms with E-state index in [2.05, 4.69) is 20.4 Å². The van der Waals surface area contributed by atoms with Crippen molar-refractivity contribution in [2.45, 2.75) is 70.2 Å². The van der Waals surface area contributed by atoms with Gasteiger partial charge >= 0.3 is 18.1 Å². The molecule has 5 N–H and O–H groups in total. The zero-order chi connectivity index (χ0) is 25.7. The summed E-state index contributed by atoms with van der Waals surface area (Å²) in [6.45, 7) is 3.13. The van der Waals surface area contributed by atoms with Gasteiger partial charge in [-0.15, -0.1) is 0 Å². The molecule has 0 radical (unpaired) electrons. The van der Waals surface area contributed by atoms with Crippen LogP contribution in [0.15, 0.2) is 12.4 Å². The van der Waals surface area contributed by atoms with Crippen LogP contribution in [-0.4, -0.2) is 51.7 Å². The molecule has 13 heteroatoms. The van der Waals surface area contributed by atoms with Gasteiger partial charge in [-0.1, -0.05) is 19.3 Å². The Kier molecular flexibility index (Phi) is 8.59. The number of nitrogens with two attached hydrogens (primary N) is 1. The SMILES string of the molecule is CC(C)(CC(=O)Nc1cncc(C(=O)OC(=O)C(F)(F)F)c1N)NC(=O)[C@@H](O)C1CCCCC1. The second kappa shape index (κ2) is 10.8. The van der Waals surface area contributed by atoms with Crippen molar-refractivity contribution in [1.29, 1.82) is 0 Å². The number of aromatic nitrogens is 1. The molecule has 34 heavy (non-hydrogen) atoms. The smallest absolute Gasteiger partial charge is 0.396 e. The van der Waals surface area contributed by atoms with E-state index >= 15 is 0 Å². The average Bonchev–Trinajstić information content (AvgIpc) is 2.73. The van der Waals surface area contributed by atoms with Crippen molar-refractivity contribution in [2.75, 3.05) is 11.1 Å². The van der Waals surface area contributed by atoms with Gasteiger partial charge in [0.15, 0.2) is 0 Å². The number of aliphatic hydroxyl groups excluding tert-OH is 1. The van der Waals surface area contributed by atoms with Gasteiger partial charge in [-0.3, -0.25) is 14.6 Å². The van der Waals surface area contributed by atoms with Crippen LogP contribution in [0.3, 0.4) is 0 Å². The molecule has 1 aromatic rings. The summed E-state index contributed by atoms with van der Waals surface area (Å²) in [6.07, 6.45) is -0.579. The summed E-state index contributed by atoms with van der Waals surface area (Å²) in [7, 11) is 0. The number of rotatable bonds is 7. The van der Waals surface area contributed by atoms with Crippen LogP contribution in [0.25, 0.3) is 0 Å². The van der Waals surface area contributed by atoms with E-state index in [1.54, 1.807) is 13.8 Å². The Labute approximate surface area is 193 Å². The van der Waals surface area contributed by atoms with Crippen LogP contribution in [0.4, 0.5) is 24.5 Å². The maximum Gasteiger partial charge on any atom is 0.491 e. The van der Waals surface area contributed by atoms with Crippen molar-refractivity contribution in [3.63, 3.8) is 0 Å². The average molecular weight is 488 g/mol. The van der Waals surface area contributed by atoms with Crippen molar-refractivity contribution in [2.24, 2.45) is 5.92 Å². The van der Waals surface area contributed by atoms with E-state index in [9.17, 15) is 37.5 Å². The van der Waals surface area contributed by atoms with Crippen molar-refractivity contribution in [1.82, 2.24) is 10.3 Å². The highest BCUT2D eigenvalue weighted by atomic mass is 19.4. The maximum absolute atomic E-state index is 12.5. The highest BCUT2D eigenvalue weighted by Crippen LogP contribution is 2.27. The van der Waals surface area contributed by atoms with Gasteiger partial charge in [0.05, 0.1) is 17.6 Å². The summed E-state index contributed by atoms with van der Waals surface area (Å²) in [6, 6.07) is 0. The van der Waals surface area contributed by atoms with Gasteiger partial charge in [0, 0.05) is 18.2 Å². The highest BCUT2D eigenvalue weighted by molar-refractivity contribution is 6.05. The molecule has 2 amide bonds. The first-order valence-corrected chi connectivity index (χ1v) is 10.6. The molecule has 1 heterocycles. The molecule has 2 rings (SSSR count). The van der Waals surface area contributed by atoms with E-state index in [-0.39, 0.29) is 18.0 Å². The Morgan fingerprint density at radius 2 is 1.79 bits per heavy atom. The predicted molar refractivity (Wildman–Crippen MR) is 113 cm³/mol. The molecule has 0 bridgehead atoms. The normalized spacial score (nSPS) is 15.8. The Balaban J connectivity index is 2.00. The Bertz CT molecular complexity index is 945. The fraction of sp³-hybridized carbons (Fsp3) is 0.571. The number of halogens is 3. The summed E-state index contributed by atoms with van der Waals surface area (Å²) < 4.78 is 40.6. The lowest BCUT2D eigenvalue weighted by molar-refractivity contribution is -0.193. The number of esters is 2. The lowest BCUT2D eigenvalue weighted by Crippen LogP contribution is -2.51. The molecule has 0 spiro atoms. The number of nitrogen functional groups attached to an aromatic ring is 1. The standard InChI is InChI=1S/C21H27F3N4O6/c1-20(2,28-17(31)16(30)11-6-4-3-5-7-11)8-14(29)27-13-10-26-9-12(15(13)25)18(32)34-19(33)21(22,23)24/h9-11,16,30H,3-8H2,1-2H3,(H2,25,26)(H,27,29)(H,28,31)/t16-/m0/s1. The second-order valence-corrected chi connectivity index (χ2v) is 8.76. The van der Waals surface area contributed by atoms with Gasteiger partial charge in [0.1, 0.15) is 11.7 Å². The zero-order valence-corrected chi connectivity index (χ0v) is 18.7. The molecule has 10 nitrogen and oxygen atoms in total. The number of ether oxygens (including phenoxy) is 1. The highest BCUT2D eigenvalue weighted by Gasteiger charge is 2.43. The summed E-state index contributed by atoms with van der Waals surface area (Å²) in [5, 5.41) is 15.3. The third-order valence-electron chi connectivity index (χ3n) is 5.33. The lowest BCUT2D eigenvalue weighted by atomic mass is 9.84. The van der Waals surface area contributed by atoms with Crippen LogP contribution in [0, 0.1) is 5.92 Å². The largest absolute Gasteiger partial charge is 0.491 e. The molecule has 1 aliphatic rings. The topological polar surface area (TPSA) is 161 Å². The van der Waals surface area contributed by atoms with Gasteiger partial charge < -0.3 is 26.2 Å². The zero-order valence-electron chi connectivity index (χ0n) is 18.7. The first kappa shape index (κ1) is 27.0. The molecule has 1 atom stereocenters. The summed E-state index contributed by atoms with van der Waals surface area (Å²) >= 11 is 0. The van der Waals surface area contributed by atoms with E-state index in [4.69, 9.17) is 5.73 Å². The van der Waals surface area contributed by atoms with Crippen LogP contribution in [-0.2, 0) is 19.1 Å². The fourth-order valence-electron chi connectivity index (χ4n) is 3.64. The molecule has 1 aromatic heterocycles. The molecular formula is C21H27F3N4O6. The van der Waals surface area contributed by atoms with Crippen molar-refractivity contribution < 1.29 is 42.2 Å². The molecule has 0 aromatic carbocycles.